The van der Waals surface area contributed by atoms with Gasteiger partial charge in [0.25, 0.3) is 0 Å². The first-order valence-electron chi connectivity index (χ1n) is 16.0. The van der Waals surface area contributed by atoms with Crippen LogP contribution in [0.4, 0.5) is 17.1 Å². The summed E-state index contributed by atoms with van der Waals surface area (Å²) in [5.41, 5.74) is 8.41. The molecule has 0 spiro atoms. The molecule has 8 aromatic carbocycles. The van der Waals surface area contributed by atoms with Gasteiger partial charge in [0.1, 0.15) is 5.58 Å². The van der Waals surface area contributed by atoms with Crippen LogP contribution in [-0.4, -0.2) is 4.57 Å². The standard InChI is InChI=1S/C44H28N2O/c1-3-15-30(16-4-1)45-37-27-26-29-14-7-8-19-32(29)42(37)43-35-22-10-9-20-33(35)39(28-40(43)45)46(31-17-5-2-6-18-31)38-24-13-23-36-34-21-11-12-25-41(34)47-44(36)38/h1-28H. The van der Waals surface area contributed by atoms with Crippen LogP contribution >= 0.6 is 0 Å². The molecular weight excluding hydrogens is 572 g/mol. The number of nitrogens with zero attached hydrogens (tertiary/aromatic N) is 2. The molecule has 0 unspecified atom stereocenters. The minimum atomic E-state index is 0.872. The fourth-order valence-corrected chi connectivity index (χ4v) is 7.55. The van der Waals surface area contributed by atoms with Crippen LogP contribution in [-0.2, 0) is 0 Å². The van der Waals surface area contributed by atoms with E-state index in [2.05, 4.69) is 173 Å². The van der Waals surface area contributed by atoms with Crippen molar-refractivity contribution >= 4 is 82.4 Å². The summed E-state index contributed by atoms with van der Waals surface area (Å²) in [6, 6.07) is 60.7. The normalized spacial score (nSPS) is 11.8. The van der Waals surface area contributed by atoms with Gasteiger partial charge in [-0.05, 0) is 64.7 Å². The SMILES string of the molecule is c1ccc(N(c2cc3c(c4ccccc24)c2c4ccccc4ccc2n3-c2ccccc2)c2cccc3c2oc2ccccc23)cc1. The Balaban J connectivity index is 1.40. The monoisotopic (exact) mass is 600 g/mol. The molecule has 0 aliphatic rings. The molecule has 10 rings (SSSR count). The Kier molecular flexibility index (Phi) is 5.57. The van der Waals surface area contributed by atoms with Gasteiger partial charge in [0.15, 0.2) is 5.58 Å². The van der Waals surface area contributed by atoms with Gasteiger partial charge in [0, 0.05) is 38.3 Å². The van der Waals surface area contributed by atoms with Crippen LogP contribution in [0, 0.1) is 0 Å². The summed E-state index contributed by atoms with van der Waals surface area (Å²) < 4.78 is 9.08. The smallest absolute Gasteiger partial charge is 0.159 e. The third-order valence-electron chi connectivity index (χ3n) is 9.53. The van der Waals surface area contributed by atoms with Gasteiger partial charge >= 0.3 is 0 Å². The van der Waals surface area contributed by atoms with Gasteiger partial charge in [-0.15, -0.1) is 0 Å². The molecule has 0 aliphatic carbocycles. The van der Waals surface area contributed by atoms with Crippen molar-refractivity contribution in [3.63, 3.8) is 0 Å². The van der Waals surface area contributed by atoms with Crippen LogP contribution in [0.1, 0.15) is 0 Å². The van der Waals surface area contributed by atoms with E-state index in [0.29, 0.717) is 0 Å². The van der Waals surface area contributed by atoms with Crippen molar-refractivity contribution in [2.45, 2.75) is 0 Å². The highest BCUT2D eigenvalue weighted by Gasteiger charge is 2.24. The first-order chi connectivity index (χ1) is 23.3. The topological polar surface area (TPSA) is 21.3 Å². The van der Waals surface area contributed by atoms with Crippen LogP contribution in [0.15, 0.2) is 174 Å². The van der Waals surface area contributed by atoms with Gasteiger partial charge in [-0.3, -0.25) is 0 Å². The molecule has 2 aromatic heterocycles. The minimum Gasteiger partial charge on any atom is -0.454 e. The number of aromatic nitrogens is 1. The number of rotatable bonds is 4. The first-order valence-corrected chi connectivity index (χ1v) is 16.0. The maximum absolute atomic E-state index is 6.65. The zero-order valence-corrected chi connectivity index (χ0v) is 25.5. The fraction of sp³-hybridized carbons (Fsp3) is 0. The number of fused-ring (bicyclic) bond motifs is 10. The molecule has 0 atom stereocenters. The molecule has 0 saturated heterocycles. The second-order valence-electron chi connectivity index (χ2n) is 12.1. The van der Waals surface area contributed by atoms with Gasteiger partial charge in [0.2, 0.25) is 0 Å². The lowest BCUT2D eigenvalue weighted by atomic mass is 9.98. The van der Waals surface area contributed by atoms with E-state index in [1.165, 1.54) is 37.8 Å². The molecule has 0 bridgehead atoms. The van der Waals surface area contributed by atoms with Crippen molar-refractivity contribution < 1.29 is 4.42 Å². The van der Waals surface area contributed by atoms with Crippen LogP contribution < -0.4 is 4.90 Å². The number of furan rings is 1. The fourth-order valence-electron chi connectivity index (χ4n) is 7.55. The van der Waals surface area contributed by atoms with E-state index in [1.807, 2.05) is 6.07 Å². The Morgan fingerprint density at radius 2 is 1.06 bits per heavy atom. The van der Waals surface area contributed by atoms with E-state index in [0.717, 1.165) is 50.2 Å². The van der Waals surface area contributed by atoms with Crippen molar-refractivity contribution in [1.29, 1.82) is 0 Å². The predicted molar refractivity (Wildman–Crippen MR) is 198 cm³/mol. The third kappa shape index (κ3) is 3.81. The van der Waals surface area contributed by atoms with E-state index in [1.54, 1.807) is 0 Å². The average Bonchev–Trinajstić information content (AvgIpc) is 3.69. The van der Waals surface area contributed by atoms with Crippen molar-refractivity contribution in [3.8, 4) is 5.69 Å². The van der Waals surface area contributed by atoms with Gasteiger partial charge in [0.05, 0.1) is 22.4 Å². The molecule has 220 valence electrons. The summed E-state index contributed by atoms with van der Waals surface area (Å²) in [6.45, 7) is 0. The van der Waals surface area contributed by atoms with Crippen LogP contribution in [0.3, 0.4) is 0 Å². The van der Waals surface area contributed by atoms with Gasteiger partial charge < -0.3 is 13.9 Å². The van der Waals surface area contributed by atoms with Crippen LogP contribution in [0.25, 0.3) is 71.0 Å². The second-order valence-corrected chi connectivity index (χ2v) is 12.1. The molecule has 0 aliphatic heterocycles. The maximum Gasteiger partial charge on any atom is 0.159 e. The summed E-state index contributed by atoms with van der Waals surface area (Å²) in [7, 11) is 0. The Morgan fingerprint density at radius 1 is 0.426 bits per heavy atom. The molecule has 0 fully saturated rings. The van der Waals surface area contributed by atoms with Crippen LogP contribution in [0.2, 0.25) is 0 Å². The lowest BCUT2D eigenvalue weighted by molar-refractivity contribution is 0.669. The number of para-hydroxylation sites is 4. The molecule has 10 aromatic rings. The molecule has 2 heterocycles. The van der Waals surface area contributed by atoms with Crippen molar-refractivity contribution in [1.82, 2.24) is 4.57 Å². The summed E-state index contributed by atoms with van der Waals surface area (Å²) in [5, 5.41) is 9.65. The maximum atomic E-state index is 6.65. The third-order valence-corrected chi connectivity index (χ3v) is 9.53. The van der Waals surface area contributed by atoms with Crippen molar-refractivity contribution in [3.05, 3.63) is 170 Å². The van der Waals surface area contributed by atoms with Gasteiger partial charge in [-0.25, -0.2) is 0 Å². The van der Waals surface area contributed by atoms with E-state index in [4.69, 9.17) is 4.42 Å². The minimum absolute atomic E-state index is 0.872. The molecule has 0 N–H and O–H groups in total. The highest BCUT2D eigenvalue weighted by Crippen LogP contribution is 2.48. The molecule has 0 radical (unpaired) electrons. The lowest BCUT2D eigenvalue weighted by Crippen LogP contribution is -2.11. The summed E-state index contributed by atoms with van der Waals surface area (Å²) in [4.78, 5) is 2.37. The number of hydrogen-bond acceptors (Lipinski definition) is 2. The van der Waals surface area contributed by atoms with E-state index in [9.17, 15) is 0 Å². The van der Waals surface area contributed by atoms with Crippen molar-refractivity contribution in [2.24, 2.45) is 0 Å². The predicted octanol–water partition coefficient (Wildman–Crippen LogP) is 12.5. The zero-order chi connectivity index (χ0) is 30.9. The second kappa shape index (κ2) is 10.1. The molecular formula is C44H28N2O. The Hall–Kier alpha value is -6.32. The lowest BCUT2D eigenvalue weighted by Gasteiger charge is -2.27. The highest BCUT2D eigenvalue weighted by molar-refractivity contribution is 6.30. The summed E-state index contributed by atoms with van der Waals surface area (Å²) in [6.07, 6.45) is 0. The Labute approximate surface area is 271 Å². The molecule has 3 nitrogen and oxygen atoms in total. The Bertz CT molecular complexity index is 2790. The first kappa shape index (κ1) is 26.0. The number of benzene rings is 8. The van der Waals surface area contributed by atoms with Gasteiger partial charge in [-0.2, -0.15) is 0 Å². The summed E-state index contributed by atoms with van der Waals surface area (Å²) in [5.74, 6) is 0. The highest BCUT2D eigenvalue weighted by atomic mass is 16.3. The van der Waals surface area contributed by atoms with E-state index >= 15 is 0 Å². The zero-order valence-electron chi connectivity index (χ0n) is 25.5. The van der Waals surface area contributed by atoms with Crippen LogP contribution in [0.5, 0.6) is 0 Å². The van der Waals surface area contributed by atoms with Gasteiger partial charge in [-0.1, -0.05) is 121 Å². The molecule has 0 saturated carbocycles. The molecule has 3 heteroatoms. The average molecular weight is 601 g/mol. The number of anilines is 3. The van der Waals surface area contributed by atoms with E-state index < -0.39 is 0 Å². The van der Waals surface area contributed by atoms with E-state index in [-0.39, 0.29) is 0 Å². The molecule has 47 heavy (non-hydrogen) atoms. The molecule has 0 amide bonds. The Morgan fingerprint density at radius 3 is 1.89 bits per heavy atom. The van der Waals surface area contributed by atoms with Crippen molar-refractivity contribution in [2.75, 3.05) is 4.90 Å². The number of hydrogen-bond donors (Lipinski definition) is 0. The quantitative estimate of drug-likeness (QED) is 0.200. The largest absolute Gasteiger partial charge is 0.454 e. The summed E-state index contributed by atoms with van der Waals surface area (Å²) >= 11 is 0.